The average Bonchev–Trinajstić information content (AvgIpc) is 2.46. The van der Waals surface area contributed by atoms with E-state index in [9.17, 15) is 4.79 Å². The number of hydrogen-bond donors (Lipinski definition) is 2. The summed E-state index contributed by atoms with van der Waals surface area (Å²) >= 11 is 0. The highest BCUT2D eigenvalue weighted by Gasteiger charge is 2.08. The predicted octanol–water partition coefficient (Wildman–Crippen LogP) is 2.66. The van der Waals surface area contributed by atoms with Gasteiger partial charge in [-0.3, -0.25) is 9.80 Å². The molecule has 2 aromatic carbocycles. The standard InChI is InChI=1S/C15H17N3O/c1-2-11-3-6-13(7-4-11)18(17)15-8-5-12(10-19)9-14(15)16/h3-10H,2,16-17H2,1H3. The van der Waals surface area contributed by atoms with Crippen molar-refractivity contribution < 1.29 is 4.79 Å². The summed E-state index contributed by atoms with van der Waals surface area (Å²) in [6, 6.07) is 13.0. The van der Waals surface area contributed by atoms with Crippen LogP contribution in [-0.4, -0.2) is 6.29 Å². The number of hydrogen-bond acceptors (Lipinski definition) is 4. The van der Waals surface area contributed by atoms with Crippen molar-refractivity contribution in [2.24, 2.45) is 5.84 Å². The maximum atomic E-state index is 10.7. The molecule has 0 fully saturated rings. The summed E-state index contributed by atoms with van der Waals surface area (Å²) in [5.74, 6) is 6.07. The lowest BCUT2D eigenvalue weighted by Gasteiger charge is -2.21. The van der Waals surface area contributed by atoms with Crippen LogP contribution < -0.4 is 16.6 Å². The molecule has 19 heavy (non-hydrogen) atoms. The molecule has 0 unspecified atom stereocenters. The summed E-state index contributed by atoms with van der Waals surface area (Å²) in [5.41, 5.74) is 9.70. The molecule has 0 aromatic heterocycles. The van der Waals surface area contributed by atoms with Crippen LogP contribution in [-0.2, 0) is 6.42 Å². The van der Waals surface area contributed by atoms with Crippen molar-refractivity contribution in [2.45, 2.75) is 13.3 Å². The number of rotatable bonds is 4. The first-order valence-corrected chi connectivity index (χ1v) is 6.14. The lowest BCUT2D eigenvalue weighted by Crippen LogP contribution is -2.25. The van der Waals surface area contributed by atoms with Gasteiger partial charge >= 0.3 is 0 Å². The highest BCUT2D eigenvalue weighted by Crippen LogP contribution is 2.28. The van der Waals surface area contributed by atoms with E-state index in [1.807, 2.05) is 24.3 Å². The van der Waals surface area contributed by atoms with Crippen molar-refractivity contribution in [3.05, 3.63) is 53.6 Å². The average molecular weight is 255 g/mol. The first kappa shape index (κ1) is 13.1. The van der Waals surface area contributed by atoms with E-state index < -0.39 is 0 Å². The fraction of sp³-hybridized carbons (Fsp3) is 0.133. The Balaban J connectivity index is 2.32. The van der Waals surface area contributed by atoms with E-state index in [2.05, 4.69) is 6.92 Å². The van der Waals surface area contributed by atoms with E-state index >= 15 is 0 Å². The molecule has 98 valence electrons. The molecule has 0 saturated carbocycles. The Morgan fingerprint density at radius 2 is 1.84 bits per heavy atom. The van der Waals surface area contributed by atoms with Crippen molar-refractivity contribution in [1.29, 1.82) is 0 Å². The van der Waals surface area contributed by atoms with Crippen LogP contribution in [0.2, 0.25) is 0 Å². The van der Waals surface area contributed by atoms with Crippen LogP contribution >= 0.6 is 0 Å². The maximum absolute atomic E-state index is 10.7. The number of nitrogens with zero attached hydrogens (tertiary/aromatic N) is 1. The molecule has 0 amide bonds. The van der Waals surface area contributed by atoms with Gasteiger partial charge in [-0.15, -0.1) is 0 Å². The lowest BCUT2D eigenvalue weighted by atomic mass is 10.1. The Morgan fingerprint density at radius 3 is 2.37 bits per heavy atom. The molecule has 0 bridgehead atoms. The van der Waals surface area contributed by atoms with Gasteiger partial charge in [-0.1, -0.05) is 19.1 Å². The van der Waals surface area contributed by atoms with E-state index in [1.54, 1.807) is 18.2 Å². The van der Waals surface area contributed by atoms with E-state index in [0.29, 0.717) is 16.9 Å². The van der Waals surface area contributed by atoms with Gasteiger partial charge in [0.05, 0.1) is 17.1 Å². The minimum absolute atomic E-state index is 0.478. The van der Waals surface area contributed by atoms with Crippen molar-refractivity contribution in [2.75, 3.05) is 10.7 Å². The highest BCUT2D eigenvalue weighted by atomic mass is 16.1. The zero-order chi connectivity index (χ0) is 13.8. The van der Waals surface area contributed by atoms with Crippen LogP contribution in [0.3, 0.4) is 0 Å². The number of nitrogens with two attached hydrogens (primary N) is 2. The fourth-order valence-corrected chi connectivity index (χ4v) is 1.90. The second-order valence-electron chi connectivity index (χ2n) is 4.33. The van der Waals surface area contributed by atoms with Crippen LogP contribution in [0.5, 0.6) is 0 Å². The minimum Gasteiger partial charge on any atom is -0.397 e. The number of aryl methyl sites for hydroxylation is 1. The summed E-state index contributed by atoms with van der Waals surface area (Å²) < 4.78 is 0. The van der Waals surface area contributed by atoms with Crippen molar-refractivity contribution in [3.8, 4) is 0 Å². The zero-order valence-corrected chi connectivity index (χ0v) is 10.8. The van der Waals surface area contributed by atoms with E-state index in [0.717, 1.165) is 18.4 Å². The van der Waals surface area contributed by atoms with Gasteiger partial charge in [-0.05, 0) is 42.3 Å². The summed E-state index contributed by atoms with van der Waals surface area (Å²) in [6.07, 6.45) is 1.75. The fourth-order valence-electron chi connectivity index (χ4n) is 1.90. The molecule has 2 aromatic rings. The van der Waals surface area contributed by atoms with Crippen LogP contribution in [0.4, 0.5) is 17.1 Å². The Bertz CT molecular complexity index is 578. The number of carbonyl (C=O) groups excluding carboxylic acids is 1. The molecule has 4 heteroatoms. The van der Waals surface area contributed by atoms with Crippen molar-refractivity contribution >= 4 is 23.3 Å². The summed E-state index contributed by atoms with van der Waals surface area (Å²) in [4.78, 5) is 10.7. The van der Waals surface area contributed by atoms with E-state index in [-0.39, 0.29) is 0 Å². The summed E-state index contributed by atoms with van der Waals surface area (Å²) in [5, 5.41) is 1.52. The Morgan fingerprint density at radius 1 is 1.16 bits per heavy atom. The monoisotopic (exact) mass is 255 g/mol. The number of benzene rings is 2. The molecule has 0 radical (unpaired) electrons. The zero-order valence-electron chi connectivity index (χ0n) is 10.8. The number of carbonyl (C=O) groups is 1. The minimum atomic E-state index is 0.478. The van der Waals surface area contributed by atoms with Gasteiger partial charge in [-0.2, -0.15) is 0 Å². The number of aldehydes is 1. The molecule has 2 rings (SSSR count). The molecule has 4 N–H and O–H groups in total. The van der Waals surface area contributed by atoms with E-state index in [4.69, 9.17) is 11.6 Å². The SMILES string of the molecule is CCc1ccc(N(N)c2ccc(C=O)cc2N)cc1. The van der Waals surface area contributed by atoms with Gasteiger partial charge in [0, 0.05) is 5.56 Å². The van der Waals surface area contributed by atoms with Crippen LogP contribution in [0.1, 0.15) is 22.8 Å². The molecule has 0 aliphatic rings. The number of nitrogen functional groups attached to an aromatic ring is 1. The van der Waals surface area contributed by atoms with Crippen LogP contribution in [0.15, 0.2) is 42.5 Å². The molecule has 0 heterocycles. The third-order valence-corrected chi connectivity index (χ3v) is 3.07. The second-order valence-corrected chi connectivity index (χ2v) is 4.33. The highest BCUT2D eigenvalue weighted by molar-refractivity contribution is 5.82. The molecule has 0 aliphatic heterocycles. The lowest BCUT2D eigenvalue weighted by molar-refractivity contribution is 0.112. The molecule has 0 aliphatic carbocycles. The largest absolute Gasteiger partial charge is 0.397 e. The van der Waals surface area contributed by atoms with Gasteiger partial charge in [0.25, 0.3) is 0 Å². The normalized spacial score (nSPS) is 10.2. The second kappa shape index (κ2) is 5.54. The predicted molar refractivity (Wildman–Crippen MR) is 78.4 cm³/mol. The first-order chi connectivity index (χ1) is 9.15. The Hall–Kier alpha value is -2.33. The molecule has 0 saturated heterocycles. The number of hydrazine groups is 1. The Labute approximate surface area is 112 Å². The van der Waals surface area contributed by atoms with E-state index in [1.165, 1.54) is 10.6 Å². The third kappa shape index (κ3) is 2.74. The smallest absolute Gasteiger partial charge is 0.150 e. The molecule has 0 atom stereocenters. The van der Waals surface area contributed by atoms with Crippen LogP contribution in [0.25, 0.3) is 0 Å². The Kier molecular flexibility index (Phi) is 3.82. The first-order valence-electron chi connectivity index (χ1n) is 6.14. The van der Waals surface area contributed by atoms with Crippen molar-refractivity contribution in [1.82, 2.24) is 0 Å². The van der Waals surface area contributed by atoms with Gasteiger partial charge in [0.15, 0.2) is 0 Å². The third-order valence-electron chi connectivity index (χ3n) is 3.07. The van der Waals surface area contributed by atoms with Gasteiger partial charge in [0.2, 0.25) is 0 Å². The maximum Gasteiger partial charge on any atom is 0.150 e. The number of anilines is 3. The summed E-state index contributed by atoms with van der Waals surface area (Å²) in [6.45, 7) is 2.10. The summed E-state index contributed by atoms with van der Waals surface area (Å²) in [7, 11) is 0. The van der Waals surface area contributed by atoms with Gasteiger partial charge < -0.3 is 5.73 Å². The van der Waals surface area contributed by atoms with Crippen molar-refractivity contribution in [3.63, 3.8) is 0 Å². The quantitative estimate of drug-likeness (QED) is 0.381. The molecular weight excluding hydrogens is 238 g/mol. The van der Waals surface area contributed by atoms with Gasteiger partial charge in [0.1, 0.15) is 6.29 Å². The topological polar surface area (TPSA) is 72.3 Å². The molecule has 4 nitrogen and oxygen atoms in total. The van der Waals surface area contributed by atoms with Gasteiger partial charge in [-0.25, -0.2) is 5.84 Å². The molecular formula is C15H17N3O. The molecule has 0 spiro atoms. The van der Waals surface area contributed by atoms with Crippen LogP contribution in [0, 0.1) is 0 Å².